The number of benzene rings is 2. The molecule has 0 saturated heterocycles. The van der Waals surface area contributed by atoms with Crippen LogP contribution in [-0.2, 0) is 6.61 Å². The van der Waals surface area contributed by atoms with Gasteiger partial charge in [-0.3, -0.25) is 10.1 Å². The highest BCUT2D eigenvalue weighted by Crippen LogP contribution is 2.23. The minimum absolute atomic E-state index is 0.223. The normalized spacial score (nSPS) is 11.7. The molecular weight excluding hydrogens is 338 g/mol. The van der Waals surface area contributed by atoms with Gasteiger partial charge in [-0.25, -0.2) is 4.98 Å². The first-order valence-corrected chi connectivity index (χ1v) is 8.68. The molecule has 27 heavy (non-hydrogen) atoms. The quantitative estimate of drug-likeness (QED) is 0.523. The van der Waals surface area contributed by atoms with Gasteiger partial charge in [0.15, 0.2) is 5.82 Å². The van der Waals surface area contributed by atoms with E-state index in [0.717, 1.165) is 22.7 Å². The van der Waals surface area contributed by atoms with E-state index in [0.29, 0.717) is 12.4 Å². The van der Waals surface area contributed by atoms with Gasteiger partial charge in [0.2, 0.25) is 0 Å². The molecule has 0 spiro atoms. The smallest absolute Gasteiger partial charge is 0.153 e. The third kappa shape index (κ3) is 4.30. The fraction of sp³-hybridized carbons (Fsp3) is 0.0952. The van der Waals surface area contributed by atoms with E-state index in [9.17, 15) is 0 Å². The Labute approximate surface area is 157 Å². The molecule has 0 saturated carbocycles. The van der Waals surface area contributed by atoms with Crippen molar-refractivity contribution in [3.8, 4) is 5.75 Å². The number of para-hydroxylation sites is 1. The maximum atomic E-state index is 5.84. The second-order valence-electron chi connectivity index (χ2n) is 6.00. The Morgan fingerprint density at radius 1 is 0.926 bits per heavy atom. The lowest BCUT2D eigenvalue weighted by molar-refractivity contribution is 0.306. The number of pyridine rings is 1. The second-order valence-corrected chi connectivity index (χ2v) is 6.00. The zero-order valence-corrected chi connectivity index (χ0v) is 14.6. The van der Waals surface area contributed by atoms with E-state index in [1.54, 1.807) is 6.20 Å². The molecule has 0 amide bonds. The molecule has 4 rings (SSSR count). The number of H-pyrrole nitrogens is 1. The van der Waals surface area contributed by atoms with Gasteiger partial charge in [0, 0.05) is 11.9 Å². The molecule has 6 nitrogen and oxygen atoms in total. The van der Waals surface area contributed by atoms with Gasteiger partial charge in [-0.2, -0.15) is 5.10 Å². The minimum atomic E-state index is -0.223. The largest absolute Gasteiger partial charge is 0.489 e. The fourth-order valence-electron chi connectivity index (χ4n) is 2.78. The number of aromatic nitrogens is 4. The van der Waals surface area contributed by atoms with Crippen molar-refractivity contribution in [3.63, 3.8) is 0 Å². The van der Waals surface area contributed by atoms with Gasteiger partial charge in [0.25, 0.3) is 0 Å². The number of rotatable bonds is 7. The van der Waals surface area contributed by atoms with E-state index in [4.69, 9.17) is 4.74 Å². The van der Waals surface area contributed by atoms with Gasteiger partial charge >= 0.3 is 0 Å². The van der Waals surface area contributed by atoms with Crippen LogP contribution in [0.4, 0.5) is 5.69 Å². The molecule has 4 aromatic rings. The third-order valence-corrected chi connectivity index (χ3v) is 4.08. The zero-order valence-electron chi connectivity index (χ0n) is 14.6. The number of nitrogens with one attached hydrogen (secondary N) is 2. The molecule has 1 unspecified atom stereocenters. The van der Waals surface area contributed by atoms with Crippen LogP contribution in [0.2, 0.25) is 0 Å². The Kier molecular flexibility index (Phi) is 5.06. The average molecular weight is 357 g/mol. The summed E-state index contributed by atoms with van der Waals surface area (Å²) in [5.74, 6) is 1.56. The van der Waals surface area contributed by atoms with Crippen molar-refractivity contribution in [1.29, 1.82) is 0 Å². The minimum Gasteiger partial charge on any atom is -0.489 e. The molecule has 6 heteroatoms. The lowest BCUT2D eigenvalue weighted by atomic mass is 10.1. The first-order valence-electron chi connectivity index (χ1n) is 8.68. The standard InChI is InChI=1S/C21H19N5O/c1-2-9-18(10-3-1)27-14-16-7-6-8-17(13-16)25-20(21-23-15-24-26-21)19-11-4-5-12-22-19/h1-13,15,20,25H,14H2,(H,23,24,26). The van der Waals surface area contributed by atoms with Crippen LogP contribution < -0.4 is 10.1 Å². The Morgan fingerprint density at radius 3 is 2.59 bits per heavy atom. The van der Waals surface area contributed by atoms with E-state index in [-0.39, 0.29) is 6.04 Å². The predicted octanol–water partition coefficient (Wildman–Crippen LogP) is 3.98. The molecular formula is C21H19N5O. The van der Waals surface area contributed by atoms with Crippen molar-refractivity contribution < 1.29 is 4.74 Å². The molecule has 1 atom stereocenters. The first-order chi connectivity index (χ1) is 13.4. The van der Waals surface area contributed by atoms with E-state index in [2.05, 4.69) is 31.5 Å². The third-order valence-electron chi connectivity index (χ3n) is 4.08. The SMILES string of the molecule is c1ccc(OCc2cccc(NC(c3ccccn3)c3ncn[nH]3)c2)cc1. The maximum Gasteiger partial charge on any atom is 0.153 e. The van der Waals surface area contributed by atoms with Crippen molar-refractivity contribution in [2.24, 2.45) is 0 Å². The van der Waals surface area contributed by atoms with E-state index < -0.39 is 0 Å². The van der Waals surface area contributed by atoms with Crippen LogP contribution in [-0.4, -0.2) is 20.2 Å². The summed E-state index contributed by atoms with van der Waals surface area (Å²) in [4.78, 5) is 8.75. The summed E-state index contributed by atoms with van der Waals surface area (Å²) in [5, 5.41) is 10.4. The Bertz CT molecular complexity index is 958. The van der Waals surface area contributed by atoms with Gasteiger partial charge < -0.3 is 10.1 Å². The molecule has 134 valence electrons. The van der Waals surface area contributed by atoms with Gasteiger partial charge in [-0.1, -0.05) is 36.4 Å². The van der Waals surface area contributed by atoms with Gasteiger partial charge in [-0.15, -0.1) is 0 Å². The molecule has 0 fully saturated rings. The van der Waals surface area contributed by atoms with Crippen LogP contribution in [0.1, 0.15) is 23.1 Å². The van der Waals surface area contributed by atoms with E-state index >= 15 is 0 Å². The van der Waals surface area contributed by atoms with Crippen LogP contribution in [0.15, 0.2) is 85.3 Å². The van der Waals surface area contributed by atoms with Gasteiger partial charge in [-0.05, 0) is 42.0 Å². The Hall–Kier alpha value is -3.67. The van der Waals surface area contributed by atoms with Crippen molar-refractivity contribution >= 4 is 5.69 Å². The van der Waals surface area contributed by atoms with E-state index in [1.165, 1.54) is 6.33 Å². The number of aromatic amines is 1. The van der Waals surface area contributed by atoms with Crippen molar-refractivity contribution in [2.45, 2.75) is 12.6 Å². The summed E-state index contributed by atoms with van der Waals surface area (Å²) in [6, 6.07) is 23.5. The summed E-state index contributed by atoms with van der Waals surface area (Å²) >= 11 is 0. The number of hydrogen-bond acceptors (Lipinski definition) is 5. The molecule has 0 bridgehead atoms. The molecule has 0 aliphatic rings. The fourth-order valence-corrected chi connectivity index (χ4v) is 2.78. The highest BCUT2D eigenvalue weighted by molar-refractivity contribution is 5.48. The molecule has 0 aliphatic heterocycles. The predicted molar refractivity (Wildman–Crippen MR) is 103 cm³/mol. The Balaban J connectivity index is 1.52. The summed E-state index contributed by atoms with van der Waals surface area (Å²) < 4.78 is 5.84. The van der Waals surface area contributed by atoms with Crippen molar-refractivity contribution in [3.05, 3.63) is 102 Å². The topological polar surface area (TPSA) is 75.7 Å². The molecule has 2 heterocycles. The highest BCUT2D eigenvalue weighted by Gasteiger charge is 2.18. The lowest BCUT2D eigenvalue weighted by Crippen LogP contribution is -2.15. The molecule has 2 N–H and O–H groups in total. The number of hydrogen-bond donors (Lipinski definition) is 2. The maximum absolute atomic E-state index is 5.84. The number of anilines is 1. The number of ether oxygens (including phenoxy) is 1. The number of nitrogens with zero attached hydrogens (tertiary/aromatic N) is 3. The summed E-state index contributed by atoms with van der Waals surface area (Å²) in [5.41, 5.74) is 2.89. The monoisotopic (exact) mass is 357 g/mol. The first kappa shape index (κ1) is 16.8. The summed E-state index contributed by atoms with van der Waals surface area (Å²) in [6.45, 7) is 0.496. The van der Waals surface area contributed by atoms with Crippen molar-refractivity contribution in [2.75, 3.05) is 5.32 Å². The lowest BCUT2D eigenvalue weighted by Gasteiger charge is -2.18. The van der Waals surface area contributed by atoms with Crippen LogP contribution in [0.3, 0.4) is 0 Å². The van der Waals surface area contributed by atoms with Gasteiger partial charge in [0.05, 0.1) is 5.69 Å². The molecule has 0 radical (unpaired) electrons. The van der Waals surface area contributed by atoms with Gasteiger partial charge in [0.1, 0.15) is 24.7 Å². The second kappa shape index (κ2) is 8.14. The highest BCUT2D eigenvalue weighted by atomic mass is 16.5. The van der Waals surface area contributed by atoms with Crippen LogP contribution in [0.5, 0.6) is 5.75 Å². The molecule has 2 aromatic carbocycles. The summed E-state index contributed by atoms with van der Waals surface area (Å²) in [7, 11) is 0. The molecule has 2 aromatic heterocycles. The molecule has 0 aliphatic carbocycles. The Morgan fingerprint density at radius 2 is 1.81 bits per heavy atom. The van der Waals surface area contributed by atoms with Crippen LogP contribution in [0.25, 0.3) is 0 Å². The van der Waals surface area contributed by atoms with Crippen LogP contribution in [0, 0.1) is 0 Å². The van der Waals surface area contributed by atoms with Crippen molar-refractivity contribution in [1.82, 2.24) is 20.2 Å². The van der Waals surface area contributed by atoms with Crippen LogP contribution >= 0.6 is 0 Å². The van der Waals surface area contributed by atoms with E-state index in [1.807, 2.05) is 66.7 Å². The zero-order chi connectivity index (χ0) is 18.3. The average Bonchev–Trinajstić information content (AvgIpc) is 3.27. The summed E-state index contributed by atoms with van der Waals surface area (Å²) in [6.07, 6.45) is 3.27.